The van der Waals surface area contributed by atoms with Crippen molar-refractivity contribution >= 4 is 27.5 Å². The van der Waals surface area contributed by atoms with Crippen LogP contribution in [0.25, 0.3) is 0 Å². The Kier molecular flexibility index (Phi) is 6.08. The van der Waals surface area contributed by atoms with Gasteiger partial charge in [0, 0.05) is 4.47 Å². The second kappa shape index (κ2) is 8.05. The molecule has 0 heterocycles. The molecule has 8 heteroatoms. The number of hydrogen-bond donors (Lipinski definition) is 1. The van der Waals surface area contributed by atoms with Gasteiger partial charge in [-0.25, -0.2) is 4.39 Å². The van der Waals surface area contributed by atoms with Gasteiger partial charge in [-0.1, -0.05) is 28.1 Å². The van der Waals surface area contributed by atoms with E-state index in [2.05, 4.69) is 26.0 Å². The van der Waals surface area contributed by atoms with E-state index in [1.54, 1.807) is 12.1 Å². The average Bonchev–Trinajstić information content (AvgIpc) is 2.51. The van der Waals surface area contributed by atoms with Gasteiger partial charge in [0.15, 0.2) is 17.7 Å². The normalized spacial score (nSPS) is 11.9. The predicted molar refractivity (Wildman–Crippen MR) is 85.9 cm³/mol. The molecule has 0 saturated heterocycles. The van der Waals surface area contributed by atoms with Gasteiger partial charge in [-0.15, -0.1) is 0 Å². The van der Waals surface area contributed by atoms with E-state index in [9.17, 15) is 18.0 Å². The number of benzene rings is 2. The van der Waals surface area contributed by atoms with Crippen molar-refractivity contribution in [1.29, 1.82) is 0 Å². The molecule has 4 nitrogen and oxygen atoms in total. The third-order valence-corrected chi connectivity index (χ3v) is 3.42. The Morgan fingerprint density at radius 2 is 1.83 bits per heavy atom. The Balaban J connectivity index is 2.06. The first kappa shape index (κ1) is 18.1. The quantitative estimate of drug-likeness (QED) is 0.766. The second-order valence-electron chi connectivity index (χ2n) is 4.70. The third-order valence-electron chi connectivity index (χ3n) is 2.93. The lowest BCUT2D eigenvalue weighted by molar-refractivity contribution is -0.122. The Bertz CT molecular complexity index is 727. The van der Waals surface area contributed by atoms with E-state index in [1.807, 2.05) is 0 Å². The largest absolute Gasteiger partial charge is 0.478 e. The number of nitrogens with one attached hydrogen (secondary N) is 1. The minimum atomic E-state index is -3.02. The summed E-state index contributed by atoms with van der Waals surface area (Å²) >= 11 is 3.11. The molecule has 0 bridgehead atoms. The van der Waals surface area contributed by atoms with E-state index in [4.69, 9.17) is 4.74 Å². The number of carbonyl (C=O) groups is 1. The second-order valence-corrected chi connectivity index (χ2v) is 5.61. The highest BCUT2D eigenvalue weighted by atomic mass is 79.9. The van der Waals surface area contributed by atoms with Gasteiger partial charge in [-0.3, -0.25) is 4.79 Å². The van der Waals surface area contributed by atoms with Crippen LogP contribution in [0.4, 0.5) is 18.9 Å². The van der Waals surface area contributed by atoms with Gasteiger partial charge >= 0.3 is 6.61 Å². The van der Waals surface area contributed by atoms with Crippen molar-refractivity contribution in [3.63, 3.8) is 0 Å². The Hall–Kier alpha value is -2.22. The Labute approximate surface area is 144 Å². The minimum absolute atomic E-state index is 0.0644. The summed E-state index contributed by atoms with van der Waals surface area (Å²) in [5.74, 6) is -1.55. The number of carbonyl (C=O) groups excluding carboxylic acids is 1. The molecule has 1 N–H and O–H groups in total. The van der Waals surface area contributed by atoms with Crippen molar-refractivity contribution in [3.05, 3.63) is 52.8 Å². The molecule has 0 radical (unpaired) electrons. The standard InChI is InChI=1S/C16H13BrF3NO3/c1-9(23-13-7-6-10(17)8-11(13)18)15(22)21-12-4-2-3-5-14(12)24-16(19)20/h2-9,16H,1H3,(H,21,22)/t9-/m0/s1. The van der Waals surface area contributed by atoms with Gasteiger partial charge in [-0.2, -0.15) is 8.78 Å². The SMILES string of the molecule is C[C@H](Oc1ccc(Br)cc1F)C(=O)Nc1ccccc1OC(F)F. The summed E-state index contributed by atoms with van der Waals surface area (Å²) in [5.41, 5.74) is 0.0644. The van der Waals surface area contributed by atoms with E-state index in [0.29, 0.717) is 4.47 Å². The predicted octanol–water partition coefficient (Wildman–Crippen LogP) is 4.60. The van der Waals surface area contributed by atoms with Gasteiger partial charge in [-0.05, 0) is 37.3 Å². The van der Waals surface area contributed by atoms with Crippen molar-refractivity contribution in [2.75, 3.05) is 5.32 Å². The molecule has 2 rings (SSSR count). The lowest BCUT2D eigenvalue weighted by Crippen LogP contribution is -2.30. The van der Waals surface area contributed by atoms with E-state index >= 15 is 0 Å². The van der Waals surface area contributed by atoms with Crippen LogP contribution in [0.2, 0.25) is 0 Å². The van der Waals surface area contributed by atoms with Crippen LogP contribution in [0.5, 0.6) is 11.5 Å². The van der Waals surface area contributed by atoms with Crippen molar-refractivity contribution in [2.45, 2.75) is 19.6 Å². The van der Waals surface area contributed by atoms with Crippen LogP contribution in [-0.4, -0.2) is 18.6 Å². The zero-order valence-corrected chi connectivity index (χ0v) is 14.0. The summed E-state index contributed by atoms with van der Waals surface area (Å²) in [4.78, 5) is 12.1. The smallest absolute Gasteiger partial charge is 0.387 e. The van der Waals surface area contributed by atoms with Crippen LogP contribution in [-0.2, 0) is 4.79 Å². The first-order valence-corrected chi connectivity index (χ1v) is 7.62. The molecule has 0 aromatic heterocycles. The third kappa shape index (κ3) is 4.89. The number of anilines is 1. The van der Waals surface area contributed by atoms with Crippen molar-refractivity contribution in [3.8, 4) is 11.5 Å². The van der Waals surface area contributed by atoms with E-state index in [0.717, 1.165) is 0 Å². The fraction of sp³-hybridized carbons (Fsp3) is 0.188. The van der Waals surface area contributed by atoms with Crippen molar-refractivity contribution in [1.82, 2.24) is 0 Å². The van der Waals surface area contributed by atoms with Crippen LogP contribution in [0, 0.1) is 5.82 Å². The number of amides is 1. The van der Waals surface area contributed by atoms with Crippen LogP contribution in [0.1, 0.15) is 6.92 Å². The molecular formula is C16H13BrF3NO3. The molecule has 128 valence electrons. The van der Waals surface area contributed by atoms with Crippen LogP contribution in [0.3, 0.4) is 0 Å². The highest BCUT2D eigenvalue weighted by Crippen LogP contribution is 2.26. The molecule has 2 aromatic carbocycles. The highest BCUT2D eigenvalue weighted by Gasteiger charge is 2.19. The van der Waals surface area contributed by atoms with Gasteiger partial charge < -0.3 is 14.8 Å². The summed E-state index contributed by atoms with van der Waals surface area (Å²) in [6.45, 7) is -1.61. The summed E-state index contributed by atoms with van der Waals surface area (Å²) in [6.07, 6.45) is -1.06. The first-order chi connectivity index (χ1) is 11.4. The number of hydrogen-bond acceptors (Lipinski definition) is 3. The Morgan fingerprint density at radius 1 is 1.12 bits per heavy atom. The van der Waals surface area contributed by atoms with Crippen molar-refractivity contribution < 1.29 is 27.4 Å². The lowest BCUT2D eigenvalue weighted by atomic mass is 10.2. The fourth-order valence-electron chi connectivity index (χ4n) is 1.82. The summed E-state index contributed by atoms with van der Waals surface area (Å²) in [5, 5.41) is 2.41. The minimum Gasteiger partial charge on any atom is -0.478 e. The molecule has 24 heavy (non-hydrogen) atoms. The summed E-state index contributed by atoms with van der Waals surface area (Å²) in [7, 11) is 0. The maximum Gasteiger partial charge on any atom is 0.387 e. The number of rotatable bonds is 6. The van der Waals surface area contributed by atoms with E-state index in [-0.39, 0.29) is 17.2 Å². The van der Waals surface area contributed by atoms with E-state index in [1.165, 1.54) is 37.3 Å². The monoisotopic (exact) mass is 403 g/mol. The molecule has 2 aromatic rings. The van der Waals surface area contributed by atoms with Crippen LogP contribution < -0.4 is 14.8 Å². The molecule has 0 unspecified atom stereocenters. The van der Waals surface area contributed by atoms with Crippen LogP contribution in [0.15, 0.2) is 46.9 Å². The number of alkyl halides is 2. The molecular weight excluding hydrogens is 391 g/mol. The van der Waals surface area contributed by atoms with Gasteiger partial charge in [0.05, 0.1) is 5.69 Å². The van der Waals surface area contributed by atoms with Gasteiger partial charge in [0.1, 0.15) is 5.75 Å². The lowest BCUT2D eigenvalue weighted by Gasteiger charge is -2.17. The molecule has 0 spiro atoms. The highest BCUT2D eigenvalue weighted by molar-refractivity contribution is 9.10. The Morgan fingerprint density at radius 3 is 2.50 bits per heavy atom. The molecule has 0 aliphatic rings. The molecule has 0 fully saturated rings. The van der Waals surface area contributed by atoms with E-state index < -0.39 is 24.4 Å². The maximum absolute atomic E-state index is 13.7. The molecule has 0 saturated carbocycles. The maximum atomic E-state index is 13.7. The zero-order valence-electron chi connectivity index (χ0n) is 12.4. The molecule has 0 aliphatic heterocycles. The number of para-hydroxylation sites is 2. The molecule has 0 aliphatic carbocycles. The first-order valence-electron chi connectivity index (χ1n) is 6.83. The fourth-order valence-corrected chi connectivity index (χ4v) is 2.15. The number of ether oxygens (including phenoxy) is 2. The zero-order chi connectivity index (χ0) is 17.7. The van der Waals surface area contributed by atoms with Gasteiger partial charge in [0.25, 0.3) is 5.91 Å². The molecule has 1 amide bonds. The summed E-state index contributed by atoms with van der Waals surface area (Å²) in [6, 6.07) is 9.88. The van der Waals surface area contributed by atoms with Gasteiger partial charge in [0.2, 0.25) is 0 Å². The van der Waals surface area contributed by atoms with Crippen LogP contribution >= 0.6 is 15.9 Å². The summed E-state index contributed by atoms with van der Waals surface area (Å²) < 4.78 is 48.5. The number of halogens is 4. The van der Waals surface area contributed by atoms with Crippen molar-refractivity contribution in [2.24, 2.45) is 0 Å². The average molecular weight is 404 g/mol. The molecule has 1 atom stereocenters. The topological polar surface area (TPSA) is 47.6 Å².